The van der Waals surface area contributed by atoms with E-state index in [2.05, 4.69) is 23.8 Å². The van der Waals surface area contributed by atoms with Gasteiger partial charge in [-0.2, -0.15) is 0 Å². The third-order valence-electron chi connectivity index (χ3n) is 4.62. The minimum atomic E-state index is -0.451. The van der Waals surface area contributed by atoms with E-state index in [9.17, 15) is 9.59 Å². The molecule has 2 aromatic heterocycles. The lowest BCUT2D eigenvalue weighted by molar-refractivity contribution is 0.419. The van der Waals surface area contributed by atoms with Crippen molar-refractivity contribution in [2.75, 3.05) is 7.11 Å². The van der Waals surface area contributed by atoms with Crippen molar-refractivity contribution in [3.63, 3.8) is 0 Å². The van der Waals surface area contributed by atoms with E-state index in [1.54, 1.807) is 16.7 Å². The lowest BCUT2D eigenvalue weighted by atomic mass is 10.1. The number of H-pyrrole nitrogens is 1. The Balaban J connectivity index is 2.39. The first-order valence-electron chi connectivity index (χ1n) is 8.25. The number of rotatable bonds is 5. The van der Waals surface area contributed by atoms with Crippen LogP contribution < -0.4 is 16.0 Å². The smallest absolute Gasteiger partial charge is 0.328 e. The number of fused-ring (bicyclic) bond motifs is 3. The van der Waals surface area contributed by atoms with Crippen molar-refractivity contribution in [1.29, 1.82) is 0 Å². The Hall–Kier alpha value is -2.34. The monoisotopic (exact) mass is 361 g/mol. The van der Waals surface area contributed by atoms with E-state index in [0.29, 0.717) is 45.0 Å². The molecule has 0 aliphatic carbocycles. The van der Waals surface area contributed by atoms with E-state index in [0.717, 1.165) is 12.8 Å². The summed E-state index contributed by atoms with van der Waals surface area (Å²) in [4.78, 5) is 31.4. The van der Waals surface area contributed by atoms with Gasteiger partial charge in [-0.05, 0) is 18.4 Å². The molecule has 0 aliphatic rings. The molecule has 6 nitrogen and oxygen atoms in total. The number of methoxy groups -OCH3 is 1. The van der Waals surface area contributed by atoms with Crippen LogP contribution >= 0.6 is 11.6 Å². The zero-order valence-corrected chi connectivity index (χ0v) is 15.2. The zero-order chi connectivity index (χ0) is 18.1. The highest BCUT2D eigenvalue weighted by Gasteiger charge is 2.15. The Morgan fingerprint density at radius 3 is 2.76 bits per heavy atom. The second-order valence-electron chi connectivity index (χ2n) is 6.24. The van der Waals surface area contributed by atoms with Gasteiger partial charge < -0.3 is 4.74 Å². The highest BCUT2D eigenvalue weighted by Crippen LogP contribution is 2.31. The Bertz CT molecular complexity index is 1060. The third-order valence-corrected chi connectivity index (χ3v) is 4.83. The molecule has 0 saturated carbocycles. The summed E-state index contributed by atoms with van der Waals surface area (Å²) in [6.07, 6.45) is 3.34. The fraction of sp³-hybridized carbons (Fsp3) is 0.389. The van der Waals surface area contributed by atoms with E-state index >= 15 is 0 Å². The molecular formula is C18H20ClN3O3. The number of aryl methyl sites for hydroxylation is 1. The first-order chi connectivity index (χ1) is 12.0. The van der Waals surface area contributed by atoms with Gasteiger partial charge in [0, 0.05) is 29.2 Å². The molecule has 7 heteroatoms. The Morgan fingerprint density at radius 2 is 2.08 bits per heavy atom. The number of benzene rings is 1. The molecule has 0 aliphatic heterocycles. The van der Waals surface area contributed by atoms with Gasteiger partial charge >= 0.3 is 5.69 Å². The van der Waals surface area contributed by atoms with Gasteiger partial charge in [0.05, 0.1) is 18.0 Å². The number of hydrogen-bond donors (Lipinski definition) is 1. The van der Waals surface area contributed by atoms with Crippen LogP contribution in [0.3, 0.4) is 0 Å². The Morgan fingerprint density at radius 1 is 1.32 bits per heavy atom. The molecule has 3 aromatic rings. The fourth-order valence-electron chi connectivity index (χ4n) is 2.94. The molecule has 1 aromatic carbocycles. The maximum atomic E-state index is 12.5. The van der Waals surface area contributed by atoms with Crippen molar-refractivity contribution in [3.05, 3.63) is 44.2 Å². The molecule has 0 amide bonds. The first-order valence-corrected chi connectivity index (χ1v) is 8.63. The Kier molecular flexibility index (Phi) is 4.81. The normalized spacial score (nSPS) is 12.6. The summed E-state index contributed by atoms with van der Waals surface area (Å²) in [6.45, 7) is 4.76. The van der Waals surface area contributed by atoms with Crippen molar-refractivity contribution in [1.82, 2.24) is 14.5 Å². The van der Waals surface area contributed by atoms with Gasteiger partial charge in [0.25, 0.3) is 5.56 Å². The summed E-state index contributed by atoms with van der Waals surface area (Å²) >= 11 is 6.20. The molecule has 132 valence electrons. The molecule has 3 rings (SSSR count). The fourth-order valence-corrected chi connectivity index (χ4v) is 3.14. The maximum Gasteiger partial charge on any atom is 0.328 e. The number of halogens is 1. The summed E-state index contributed by atoms with van der Waals surface area (Å²) in [5.41, 5.74) is 0.241. The number of aromatic nitrogens is 3. The van der Waals surface area contributed by atoms with E-state index in [1.165, 1.54) is 13.3 Å². The average molecular weight is 362 g/mol. The first kappa shape index (κ1) is 17.5. The van der Waals surface area contributed by atoms with E-state index in [1.807, 2.05) is 0 Å². The van der Waals surface area contributed by atoms with Crippen LogP contribution in [0.25, 0.3) is 21.8 Å². The van der Waals surface area contributed by atoms with E-state index in [-0.39, 0.29) is 0 Å². The van der Waals surface area contributed by atoms with Crippen LogP contribution in [0.5, 0.6) is 5.75 Å². The van der Waals surface area contributed by atoms with Gasteiger partial charge in [0.15, 0.2) is 0 Å². The van der Waals surface area contributed by atoms with Gasteiger partial charge in [-0.25, -0.2) is 4.79 Å². The lowest BCUT2D eigenvalue weighted by Crippen LogP contribution is -2.31. The van der Waals surface area contributed by atoms with Crippen LogP contribution in [0.1, 0.15) is 26.7 Å². The predicted octanol–water partition coefficient (Wildman–Crippen LogP) is 3.34. The molecule has 2 heterocycles. The van der Waals surface area contributed by atoms with Crippen LogP contribution in [0.15, 0.2) is 27.9 Å². The average Bonchev–Trinajstić information content (AvgIpc) is 2.59. The summed E-state index contributed by atoms with van der Waals surface area (Å²) < 4.78 is 6.95. The third kappa shape index (κ3) is 3.14. The molecule has 1 N–H and O–H groups in total. The second-order valence-corrected chi connectivity index (χ2v) is 6.67. The summed E-state index contributed by atoms with van der Waals surface area (Å²) in [6, 6.07) is 3.38. The number of pyridine rings is 1. The van der Waals surface area contributed by atoms with Crippen molar-refractivity contribution in [2.45, 2.75) is 33.2 Å². The zero-order valence-electron chi connectivity index (χ0n) is 14.4. The van der Waals surface area contributed by atoms with Crippen LogP contribution in [0.4, 0.5) is 0 Å². The maximum absolute atomic E-state index is 12.5. The summed E-state index contributed by atoms with van der Waals surface area (Å²) in [5.74, 6) is 0.978. The molecule has 0 spiro atoms. The van der Waals surface area contributed by atoms with Gasteiger partial charge in [-0.15, -0.1) is 0 Å². The van der Waals surface area contributed by atoms with Gasteiger partial charge in [0.1, 0.15) is 11.3 Å². The van der Waals surface area contributed by atoms with Crippen LogP contribution in [0.2, 0.25) is 5.02 Å². The molecule has 25 heavy (non-hydrogen) atoms. The highest BCUT2D eigenvalue weighted by atomic mass is 35.5. The molecule has 0 fully saturated rings. The topological polar surface area (TPSA) is 77.0 Å². The van der Waals surface area contributed by atoms with Crippen LogP contribution in [-0.4, -0.2) is 21.6 Å². The highest BCUT2D eigenvalue weighted by molar-refractivity contribution is 6.32. The molecular weight excluding hydrogens is 342 g/mol. The summed E-state index contributed by atoms with van der Waals surface area (Å²) in [5, 5.41) is 1.45. The van der Waals surface area contributed by atoms with Crippen molar-refractivity contribution >= 4 is 33.4 Å². The van der Waals surface area contributed by atoms with Gasteiger partial charge in [-0.1, -0.05) is 31.9 Å². The van der Waals surface area contributed by atoms with Crippen LogP contribution in [-0.2, 0) is 6.54 Å². The standard InChI is InChI=1S/C18H20ClN3O3/c1-4-10(2)5-6-22-16-12-7-11(19)8-14(25-3)15(12)20-9-13(16)17(23)21-18(22)24/h7-10H,4-6H2,1-3H3,(H,21,23,24). The Labute approximate surface area is 149 Å². The molecule has 0 bridgehead atoms. The number of ether oxygens (including phenoxy) is 1. The quantitative estimate of drug-likeness (QED) is 0.707. The molecule has 1 atom stereocenters. The largest absolute Gasteiger partial charge is 0.494 e. The number of hydrogen-bond acceptors (Lipinski definition) is 4. The minimum Gasteiger partial charge on any atom is -0.494 e. The van der Waals surface area contributed by atoms with E-state index < -0.39 is 11.2 Å². The number of nitrogens with one attached hydrogen (secondary N) is 1. The minimum absolute atomic E-state index is 0.362. The summed E-state index contributed by atoms with van der Waals surface area (Å²) in [7, 11) is 1.53. The van der Waals surface area contributed by atoms with Gasteiger partial charge in [-0.3, -0.25) is 19.3 Å². The molecule has 0 saturated heterocycles. The van der Waals surface area contributed by atoms with Crippen molar-refractivity contribution < 1.29 is 4.74 Å². The number of aromatic amines is 1. The molecule has 1 unspecified atom stereocenters. The second kappa shape index (κ2) is 6.88. The molecule has 0 radical (unpaired) electrons. The van der Waals surface area contributed by atoms with Crippen molar-refractivity contribution in [3.8, 4) is 5.75 Å². The SMILES string of the molecule is CCC(C)CCn1c(=O)[nH]c(=O)c2cnc3c(OC)cc(Cl)cc3c21. The van der Waals surface area contributed by atoms with Gasteiger partial charge in [0.2, 0.25) is 0 Å². The van der Waals surface area contributed by atoms with E-state index in [4.69, 9.17) is 16.3 Å². The lowest BCUT2D eigenvalue weighted by Gasteiger charge is -2.15. The predicted molar refractivity (Wildman–Crippen MR) is 99.8 cm³/mol. The van der Waals surface area contributed by atoms with Crippen molar-refractivity contribution in [2.24, 2.45) is 5.92 Å². The van der Waals surface area contributed by atoms with Crippen LogP contribution in [0, 0.1) is 5.92 Å². The number of nitrogens with zero attached hydrogens (tertiary/aromatic N) is 2.